The first kappa shape index (κ1) is 14.6. The summed E-state index contributed by atoms with van der Waals surface area (Å²) in [5.74, 6) is 6.10. The van der Waals surface area contributed by atoms with Crippen molar-refractivity contribution in [2.24, 2.45) is 0 Å². The molecule has 102 valence electrons. The predicted molar refractivity (Wildman–Crippen MR) is 81.0 cm³/mol. The van der Waals surface area contributed by atoms with E-state index in [4.69, 9.17) is 5.11 Å². The highest BCUT2D eigenvalue weighted by Crippen LogP contribution is 2.23. The standard InChI is InChI=1S/C17H15FOS/c18-16-11-14(6-4-5-9-19)10-15(12-16)13-20-17-7-2-1-3-8-17/h1-3,7-8,10-12,19H,5,9,13H2. The van der Waals surface area contributed by atoms with Gasteiger partial charge in [-0.25, -0.2) is 4.39 Å². The minimum Gasteiger partial charge on any atom is -0.395 e. The highest BCUT2D eigenvalue weighted by atomic mass is 32.2. The summed E-state index contributed by atoms with van der Waals surface area (Å²) in [5, 5.41) is 8.68. The van der Waals surface area contributed by atoms with E-state index in [2.05, 4.69) is 11.8 Å². The SMILES string of the molecule is OCCC#Cc1cc(F)cc(CSc2ccccc2)c1. The van der Waals surface area contributed by atoms with Crippen molar-refractivity contribution in [3.8, 4) is 11.8 Å². The van der Waals surface area contributed by atoms with E-state index in [0.717, 1.165) is 10.5 Å². The molecule has 0 aliphatic rings. The normalized spacial score (nSPS) is 9.90. The lowest BCUT2D eigenvalue weighted by Crippen LogP contribution is -1.87. The highest BCUT2D eigenvalue weighted by molar-refractivity contribution is 7.98. The summed E-state index contributed by atoms with van der Waals surface area (Å²) in [7, 11) is 0. The molecule has 0 unspecified atom stereocenters. The number of hydrogen-bond acceptors (Lipinski definition) is 2. The Bertz CT molecular complexity index is 614. The average molecular weight is 286 g/mol. The zero-order valence-electron chi connectivity index (χ0n) is 11.0. The largest absolute Gasteiger partial charge is 0.395 e. The third-order valence-electron chi connectivity index (χ3n) is 2.58. The fraction of sp³-hybridized carbons (Fsp3) is 0.176. The summed E-state index contributed by atoms with van der Waals surface area (Å²) in [4.78, 5) is 1.16. The van der Waals surface area contributed by atoms with Crippen LogP contribution in [0.1, 0.15) is 17.5 Å². The topological polar surface area (TPSA) is 20.2 Å². The van der Waals surface area contributed by atoms with Gasteiger partial charge in [0.1, 0.15) is 5.82 Å². The second-order valence-electron chi connectivity index (χ2n) is 4.23. The summed E-state index contributed by atoms with van der Waals surface area (Å²) in [5.41, 5.74) is 1.56. The number of aliphatic hydroxyl groups is 1. The molecular formula is C17H15FOS. The van der Waals surface area contributed by atoms with Crippen LogP contribution in [0.5, 0.6) is 0 Å². The van der Waals surface area contributed by atoms with Gasteiger partial charge in [-0.15, -0.1) is 11.8 Å². The Hall–Kier alpha value is -1.76. The summed E-state index contributed by atoms with van der Waals surface area (Å²) in [6.07, 6.45) is 0.407. The molecule has 2 rings (SSSR count). The van der Waals surface area contributed by atoms with Gasteiger partial charge in [0.15, 0.2) is 0 Å². The summed E-state index contributed by atoms with van der Waals surface area (Å²) >= 11 is 1.66. The van der Waals surface area contributed by atoms with E-state index in [1.807, 2.05) is 36.4 Å². The van der Waals surface area contributed by atoms with Crippen LogP contribution in [0.25, 0.3) is 0 Å². The molecule has 0 fully saturated rings. The molecule has 0 saturated heterocycles. The van der Waals surface area contributed by atoms with Gasteiger partial charge in [-0.05, 0) is 35.9 Å². The Morgan fingerprint density at radius 2 is 1.90 bits per heavy atom. The Labute approximate surface area is 122 Å². The van der Waals surface area contributed by atoms with Crippen LogP contribution in [0.4, 0.5) is 4.39 Å². The molecule has 0 aromatic heterocycles. The van der Waals surface area contributed by atoms with Crippen LogP contribution < -0.4 is 0 Å². The molecule has 0 aliphatic carbocycles. The summed E-state index contributed by atoms with van der Waals surface area (Å²) < 4.78 is 13.5. The van der Waals surface area contributed by atoms with Gasteiger partial charge in [-0.2, -0.15) is 0 Å². The molecule has 0 heterocycles. The molecule has 0 bridgehead atoms. The van der Waals surface area contributed by atoms with Crippen molar-refractivity contribution in [2.45, 2.75) is 17.1 Å². The quantitative estimate of drug-likeness (QED) is 0.680. The minimum atomic E-state index is -0.274. The number of rotatable bonds is 4. The van der Waals surface area contributed by atoms with E-state index in [1.54, 1.807) is 11.8 Å². The van der Waals surface area contributed by atoms with Gasteiger partial charge < -0.3 is 5.11 Å². The summed E-state index contributed by atoms with van der Waals surface area (Å²) in [6.45, 7) is 0.0268. The number of benzene rings is 2. The molecule has 0 spiro atoms. The number of halogens is 1. The number of thioether (sulfide) groups is 1. The van der Waals surface area contributed by atoms with Crippen LogP contribution in [0.15, 0.2) is 53.4 Å². The van der Waals surface area contributed by atoms with Crippen molar-refractivity contribution in [1.29, 1.82) is 0 Å². The first-order chi connectivity index (χ1) is 9.78. The molecule has 3 heteroatoms. The van der Waals surface area contributed by atoms with Crippen molar-refractivity contribution < 1.29 is 9.50 Å². The van der Waals surface area contributed by atoms with Crippen molar-refractivity contribution in [2.75, 3.05) is 6.61 Å². The molecule has 1 N–H and O–H groups in total. The Balaban J connectivity index is 2.06. The van der Waals surface area contributed by atoms with Gasteiger partial charge in [-0.3, -0.25) is 0 Å². The predicted octanol–water partition coefficient (Wildman–Crippen LogP) is 3.85. The summed E-state index contributed by atoms with van der Waals surface area (Å²) in [6, 6.07) is 14.9. The fourth-order valence-corrected chi connectivity index (χ4v) is 2.56. The zero-order chi connectivity index (χ0) is 14.2. The van der Waals surface area contributed by atoms with E-state index in [0.29, 0.717) is 17.7 Å². The maximum atomic E-state index is 13.5. The van der Waals surface area contributed by atoms with Crippen molar-refractivity contribution in [1.82, 2.24) is 0 Å². The van der Waals surface area contributed by atoms with Gasteiger partial charge in [0, 0.05) is 22.6 Å². The first-order valence-electron chi connectivity index (χ1n) is 6.35. The van der Waals surface area contributed by atoms with Gasteiger partial charge in [0.25, 0.3) is 0 Å². The monoisotopic (exact) mass is 286 g/mol. The van der Waals surface area contributed by atoms with Crippen molar-refractivity contribution in [3.63, 3.8) is 0 Å². The molecule has 2 aromatic rings. The van der Waals surface area contributed by atoms with Crippen molar-refractivity contribution in [3.05, 3.63) is 65.5 Å². The van der Waals surface area contributed by atoms with Crippen LogP contribution in [-0.4, -0.2) is 11.7 Å². The smallest absolute Gasteiger partial charge is 0.124 e. The molecule has 2 aromatic carbocycles. The lowest BCUT2D eigenvalue weighted by atomic mass is 10.1. The molecule has 0 saturated carbocycles. The van der Waals surface area contributed by atoms with Crippen molar-refractivity contribution >= 4 is 11.8 Å². The fourth-order valence-electron chi connectivity index (χ4n) is 1.71. The van der Waals surface area contributed by atoms with E-state index in [1.165, 1.54) is 12.1 Å². The number of aliphatic hydroxyl groups excluding tert-OH is 1. The second kappa shape index (κ2) is 7.74. The molecule has 0 radical (unpaired) electrons. The Kier molecular flexibility index (Phi) is 5.67. The van der Waals surface area contributed by atoms with Crippen LogP contribution in [0.3, 0.4) is 0 Å². The van der Waals surface area contributed by atoms with E-state index in [-0.39, 0.29) is 12.4 Å². The minimum absolute atomic E-state index is 0.0268. The van der Waals surface area contributed by atoms with Gasteiger partial charge in [0.05, 0.1) is 6.61 Å². The number of hydrogen-bond donors (Lipinski definition) is 1. The van der Waals surface area contributed by atoms with Crippen LogP contribution in [0, 0.1) is 17.7 Å². The van der Waals surface area contributed by atoms with E-state index >= 15 is 0 Å². The van der Waals surface area contributed by atoms with E-state index < -0.39 is 0 Å². The molecule has 0 amide bonds. The van der Waals surface area contributed by atoms with Gasteiger partial charge in [0.2, 0.25) is 0 Å². The van der Waals surface area contributed by atoms with E-state index in [9.17, 15) is 4.39 Å². The van der Waals surface area contributed by atoms with Gasteiger partial charge in [-0.1, -0.05) is 30.0 Å². The third kappa shape index (κ3) is 4.73. The first-order valence-corrected chi connectivity index (χ1v) is 7.33. The lowest BCUT2D eigenvalue weighted by Gasteiger charge is -2.03. The Morgan fingerprint density at radius 3 is 2.65 bits per heavy atom. The zero-order valence-corrected chi connectivity index (χ0v) is 11.8. The molecular weight excluding hydrogens is 271 g/mol. The van der Waals surface area contributed by atoms with Crippen LogP contribution in [0.2, 0.25) is 0 Å². The van der Waals surface area contributed by atoms with Crippen LogP contribution in [-0.2, 0) is 5.75 Å². The third-order valence-corrected chi connectivity index (χ3v) is 3.66. The Morgan fingerprint density at radius 1 is 1.10 bits per heavy atom. The molecule has 1 nitrogen and oxygen atoms in total. The molecule has 0 atom stereocenters. The average Bonchev–Trinajstić information content (AvgIpc) is 2.46. The maximum absolute atomic E-state index is 13.5. The second-order valence-corrected chi connectivity index (χ2v) is 5.27. The lowest BCUT2D eigenvalue weighted by molar-refractivity contribution is 0.305. The molecule has 0 aliphatic heterocycles. The van der Waals surface area contributed by atoms with Gasteiger partial charge >= 0.3 is 0 Å². The maximum Gasteiger partial charge on any atom is 0.124 e. The highest BCUT2D eigenvalue weighted by Gasteiger charge is 2.01. The molecule has 20 heavy (non-hydrogen) atoms. The van der Waals surface area contributed by atoms with Crippen LogP contribution >= 0.6 is 11.8 Å².